The topological polar surface area (TPSA) is 109 Å². The Morgan fingerprint density at radius 1 is 1.19 bits per heavy atom. The van der Waals surface area contributed by atoms with E-state index < -0.39 is 35.0 Å². The summed E-state index contributed by atoms with van der Waals surface area (Å²) in [4.78, 5) is 52.9. The number of halogens is 1. The number of amides is 1. The molecule has 0 saturated carbocycles. The van der Waals surface area contributed by atoms with Crippen molar-refractivity contribution >= 4 is 33.4 Å². The number of aryl methyl sites for hydroxylation is 3. The number of nitrogens with zero attached hydrogens (tertiary/aromatic N) is 2. The molecule has 11 heteroatoms. The number of hydrogen-bond acceptors (Lipinski definition) is 7. The van der Waals surface area contributed by atoms with Gasteiger partial charge in [-0.15, -0.1) is 11.3 Å². The zero-order chi connectivity index (χ0) is 26.7. The number of fused-ring (bicyclic) bond motifs is 1. The third kappa shape index (κ3) is 5.20. The van der Waals surface area contributed by atoms with Gasteiger partial charge >= 0.3 is 11.7 Å². The van der Waals surface area contributed by atoms with Crippen LogP contribution in [0.5, 0.6) is 5.75 Å². The molecule has 1 amide bonds. The van der Waals surface area contributed by atoms with Crippen molar-refractivity contribution in [1.29, 1.82) is 0 Å². The Labute approximate surface area is 211 Å². The van der Waals surface area contributed by atoms with E-state index >= 15 is 0 Å². The number of methoxy groups -OCH3 is 1. The van der Waals surface area contributed by atoms with Gasteiger partial charge in [-0.25, -0.2) is 18.5 Å². The van der Waals surface area contributed by atoms with Crippen LogP contribution >= 0.6 is 11.3 Å². The Hall–Kier alpha value is -3.47. The summed E-state index contributed by atoms with van der Waals surface area (Å²) in [5.74, 6) is -1.09. The fourth-order valence-electron chi connectivity index (χ4n) is 3.99. The number of ether oxygens (including phenoxy) is 2. The fraction of sp³-hybridized carbons (Fsp3) is 0.440. The molecule has 0 aliphatic heterocycles. The largest absolute Gasteiger partial charge is 0.496 e. The van der Waals surface area contributed by atoms with Crippen LogP contribution in [-0.4, -0.2) is 40.8 Å². The molecule has 0 aliphatic carbocycles. The predicted octanol–water partition coefficient (Wildman–Crippen LogP) is 3.19. The third-order valence-corrected chi connectivity index (χ3v) is 7.04. The van der Waals surface area contributed by atoms with E-state index in [1.54, 1.807) is 27.7 Å². The van der Waals surface area contributed by atoms with Gasteiger partial charge in [0.05, 0.1) is 19.1 Å². The Kier molecular flexibility index (Phi) is 8.34. The molecule has 2 heterocycles. The van der Waals surface area contributed by atoms with Gasteiger partial charge in [-0.2, -0.15) is 0 Å². The predicted molar refractivity (Wildman–Crippen MR) is 136 cm³/mol. The number of hydrogen-bond donors (Lipinski definition) is 1. The van der Waals surface area contributed by atoms with Crippen LogP contribution in [0.25, 0.3) is 10.2 Å². The van der Waals surface area contributed by atoms with Crippen molar-refractivity contribution in [2.24, 2.45) is 0 Å². The third-order valence-electron chi connectivity index (χ3n) is 5.75. The molecule has 2 aromatic heterocycles. The van der Waals surface area contributed by atoms with Gasteiger partial charge in [0.15, 0.2) is 0 Å². The number of esters is 1. The Morgan fingerprint density at radius 2 is 1.89 bits per heavy atom. The zero-order valence-corrected chi connectivity index (χ0v) is 22.0. The number of aromatic nitrogens is 2. The SMILES string of the molecule is CCOC(=O)c1sc2c(c1C)c(=O)n([C@H](C)C(=O)NC(C)C)c(=O)n2CCc1cc(F)ccc1OC. The molecule has 194 valence electrons. The van der Waals surface area contributed by atoms with Crippen LogP contribution in [-0.2, 0) is 22.5 Å². The number of nitrogens with one attached hydrogen (secondary N) is 1. The molecule has 0 saturated heterocycles. The number of carbonyl (C=O) groups excluding carboxylic acids is 2. The first-order valence-corrected chi connectivity index (χ1v) is 12.4. The Bertz CT molecular complexity index is 1420. The van der Waals surface area contributed by atoms with Crippen molar-refractivity contribution in [1.82, 2.24) is 14.5 Å². The molecule has 0 unspecified atom stereocenters. The molecule has 1 atom stereocenters. The number of benzene rings is 1. The highest BCUT2D eigenvalue weighted by atomic mass is 32.1. The highest BCUT2D eigenvalue weighted by Crippen LogP contribution is 2.29. The van der Waals surface area contributed by atoms with Crippen LogP contribution in [0.3, 0.4) is 0 Å². The summed E-state index contributed by atoms with van der Waals surface area (Å²) in [6.07, 6.45) is 0.201. The summed E-state index contributed by atoms with van der Waals surface area (Å²) in [6, 6.07) is 2.80. The monoisotopic (exact) mass is 519 g/mol. The van der Waals surface area contributed by atoms with E-state index in [0.717, 1.165) is 15.9 Å². The lowest BCUT2D eigenvalue weighted by Gasteiger charge is -2.19. The van der Waals surface area contributed by atoms with Gasteiger partial charge in [-0.1, -0.05) is 0 Å². The van der Waals surface area contributed by atoms with Crippen LogP contribution in [0.2, 0.25) is 0 Å². The van der Waals surface area contributed by atoms with Gasteiger partial charge in [0.25, 0.3) is 5.56 Å². The van der Waals surface area contributed by atoms with Gasteiger partial charge in [-0.05, 0) is 70.4 Å². The summed E-state index contributed by atoms with van der Waals surface area (Å²) in [6.45, 7) is 8.50. The van der Waals surface area contributed by atoms with E-state index in [1.165, 1.54) is 36.8 Å². The molecule has 1 N–H and O–H groups in total. The normalized spacial score (nSPS) is 12.1. The standard InChI is InChI=1S/C25H30FN3O6S/c1-7-35-24(32)20-14(4)19-22(31)29(15(5)21(30)27-13(2)3)25(33)28(23(19)36-20)11-10-16-12-17(26)8-9-18(16)34-6/h8-9,12-13,15H,7,10-11H2,1-6H3,(H,27,30)/t15-/m1/s1. The maximum absolute atomic E-state index is 13.9. The van der Waals surface area contributed by atoms with Crippen molar-refractivity contribution in [3.63, 3.8) is 0 Å². The summed E-state index contributed by atoms with van der Waals surface area (Å²) in [7, 11) is 1.46. The quantitative estimate of drug-likeness (QED) is 0.435. The lowest BCUT2D eigenvalue weighted by molar-refractivity contribution is -0.124. The molecular weight excluding hydrogens is 489 g/mol. The minimum absolute atomic E-state index is 0.0518. The van der Waals surface area contributed by atoms with Crippen molar-refractivity contribution in [3.8, 4) is 5.75 Å². The first-order valence-electron chi connectivity index (χ1n) is 11.6. The van der Waals surface area contributed by atoms with E-state index in [4.69, 9.17) is 9.47 Å². The highest BCUT2D eigenvalue weighted by molar-refractivity contribution is 7.20. The average molecular weight is 520 g/mol. The summed E-state index contributed by atoms with van der Waals surface area (Å²) in [5.41, 5.74) is -0.461. The molecule has 3 rings (SSSR count). The molecule has 9 nitrogen and oxygen atoms in total. The molecule has 0 bridgehead atoms. The molecule has 36 heavy (non-hydrogen) atoms. The lowest BCUT2D eigenvalue weighted by Crippen LogP contribution is -2.47. The molecule has 3 aromatic rings. The first-order chi connectivity index (χ1) is 17.0. The molecule has 1 aromatic carbocycles. The van der Waals surface area contributed by atoms with Gasteiger partial charge < -0.3 is 14.8 Å². The molecular formula is C25H30FN3O6S. The van der Waals surface area contributed by atoms with Crippen LogP contribution in [0, 0.1) is 12.7 Å². The van der Waals surface area contributed by atoms with Gasteiger partial charge in [0.2, 0.25) is 5.91 Å². The molecule has 0 aliphatic rings. The smallest absolute Gasteiger partial charge is 0.348 e. The Balaban J connectivity index is 2.24. The van der Waals surface area contributed by atoms with Crippen molar-refractivity contribution in [2.75, 3.05) is 13.7 Å². The lowest BCUT2D eigenvalue weighted by atomic mass is 10.1. The second-order valence-corrected chi connectivity index (χ2v) is 9.61. The van der Waals surface area contributed by atoms with Gasteiger partial charge in [-0.3, -0.25) is 14.2 Å². The maximum Gasteiger partial charge on any atom is 0.348 e. The van der Waals surface area contributed by atoms with Crippen LogP contribution in [0.4, 0.5) is 4.39 Å². The zero-order valence-electron chi connectivity index (χ0n) is 21.1. The van der Waals surface area contributed by atoms with Crippen LogP contribution in [0.1, 0.15) is 54.5 Å². The van der Waals surface area contributed by atoms with Gasteiger partial charge in [0, 0.05) is 12.6 Å². The summed E-state index contributed by atoms with van der Waals surface area (Å²) in [5, 5.41) is 2.89. The Morgan fingerprint density at radius 3 is 2.50 bits per heavy atom. The van der Waals surface area contributed by atoms with Crippen molar-refractivity contribution < 1.29 is 23.5 Å². The number of carbonyl (C=O) groups is 2. The average Bonchev–Trinajstić information content (AvgIpc) is 3.16. The van der Waals surface area contributed by atoms with Crippen molar-refractivity contribution in [3.05, 3.63) is 60.9 Å². The number of thiophene rings is 1. The molecule has 0 fully saturated rings. The van der Waals surface area contributed by atoms with E-state index in [0.29, 0.717) is 16.9 Å². The van der Waals surface area contributed by atoms with E-state index in [9.17, 15) is 23.6 Å². The minimum atomic E-state index is -1.10. The number of rotatable bonds is 9. The summed E-state index contributed by atoms with van der Waals surface area (Å²) < 4.78 is 26.6. The highest BCUT2D eigenvalue weighted by Gasteiger charge is 2.27. The van der Waals surface area contributed by atoms with Crippen LogP contribution < -0.4 is 21.3 Å². The van der Waals surface area contributed by atoms with E-state index in [1.807, 2.05) is 0 Å². The first kappa shape index (κ1) is 27.1. The van der Waals surface area contributed by atoms with Crippen molar-refractivity contribution in [2.45, 2.75) is 59.7 Å². The van der Waals surface area contributed by atoms with Crippen LogP contribution in [0.15, 0.2) is 27.8 Å². The van der Waals surface area contributed by atoms with E-state index in [2.05, 4.69) is 5.32 Å². The fourth-order valence-corrected chi connectivity index (χ4v) is 5.20. The van der Waals surface area contributed by atoms with Gasteiger partial charge in [0.1, 0.15) is 27.3 Å². The molecule has 0 radical (unpaired) electrons. The molecule has 0 spiro atoms. The van der Waals surface area contributed by atoms with E-state index in [-0.39, 0.29) is 40.7 Å². The summed E-state index contributed by atoms with van der Waals surface area (Å²) >= 11 is 0.984. The minimum Gasteiger partial charge on any atom is -0.496 e. The second-order valence-electron chi connectivity index (χ2n) is 8.61. The maximum atomic E-state index is 13.9. The second kappa shape index (κ2) is 11.1.